The van der Waals surface area contributed by atoms with Gasteiger partial charge in [-0.15, -0.1) is 0 Å². The van der Waals surface area contributed by atoms with E-state index in [1.807, 2.05) is 13.0 Å². The van der Waals surface area contributed by atoms with Crippen molar-refractivity contribution in [2.45, 2.75) is 45.3 Å². The predicted molar refractivity (Wildman–Crippen MR) is 98.9 cm³/mol. The molecule has 9 heteroatoms. The number of amides is 1. The minimum atomic E-state index is -5.08. The van der Waals surface area contributed by atoms with E-state index < -0.39 is 12.1 Å². The number of nitrogens with zero attached hydrogens (tertiary/aromatic N) is 3. The Bertz CT molecular complexity index is 757. The molecule has 3 heterocycles. The van der Waals surface area contributed by atoms with Gasteiger partial charge in [0.1, 0.15) is 0 Å². The van der Waals surface area contributed by atoms with Crippen molar-refractivity contribution in [1.82, 2.24) is 14.8 Å². The number of aromatic nitrogens is 1. The quantitative estimate of drug-likeness (QED) is 0.769. The van der Waals surface area contributed by atoms with Crippen LogP contribution in [-0.2, 0) is 16.1 Å². The smallest absolute Gasteiger partial charge is 0.475 e. The molecule has 0 radical (unpaired) electrons. The number of carbonyl (C=O) groups is 2. The molecular weight excluding hydrogens is 387 g/mol. The molecule has 1 spiro atoms. The van der Waals surface area contributed by atoms with Crippen LogP contribution in [0.3, 0.4) is 0 Å². The lowest BCUT2D eigenvalue weighted by Gasteiger charge is -2.52. The second kappa shape index (κ2) is 8.30. The van der Waals surface area contributed by atoms with E-state index in [0.717, 1.165) is 62.9 Å². The molecule has 0 unspecified atom stereocenters. The van der Waals surface area contributed by atoms with Crippen LogP contribution in [0.25, 0.3) is 0 Å². The van der Waals surface area contributed by atoms with Crippen LogP contribution in [-0.4, -0.2) is 64.1 Å². The molecule has 2 saturated heterocycles. The zero-order chi connectivity index (χ0) is 21.2. The van der Waals surface area contributed by atoms with Gasteiger partial charge in [-0.1, -0.05) is 6.07 Å². The van der Waals surface area contributed by atoms with Crippen molar-refractivity contribution >= 4 is 11.9 Å². The number of rotatable bonds is 4. The highest BCUT2D eigenvalue weighted by Gasteiger charge is 2.53. The highest BCUT2D eigenvalue weighted by atomic mass is 19.4. The molecule has 1 N–H and O–H groups in total. The van der Waals surface area contributed by atoms with Crippen molar-refractivity contribution in [2.75, 3.05) is 26.2 Å². The number of piperidine rings is 1. The van der Waals surface area contributed by atoms with Crippen molar-refractivity contribution in [2.24, 2.45) is 11.3 Å². The molecule has 0 aromatic carbocycles. The maximum Gasteiger partial charge on any atom is 0.490 e. The van der Waals surface area contributed by atoms with Crippen LogP contribution < -0.4 is 0 Å². The molecule has 1 amide bonds. The van der Waals surface area contributed by atoms with Crippen molar-refractivity contribution in [1.29, 1.82) is 0 Å². The third kappa shape index (κ3) is 5.46. The Labute approximate surface area is 167 Å². The van der Waals surface area contributed by atoms with Crippen LogP contribution in [0.5, 0.6) is 0 Å². The number of carboxylic acids is 1. The van der Waals surface area contributed by atoms with E-state index in [1.165, 1.54) is 12.8 Å². The SMILES string of the molecule is Cc1cccc(CN2CCC3(CC2)CN(CC2CC2)C3=O)n1.O=C(O)C(F)(F)F. The summed E-state index contributed by atoms with van der Waals surface area (Å²) in [4.78, 5) is 30.5. The lowest BCUT2D eigenvalue weighted by atomic mass is 9.71. The van der Waals surface area contributed by atoms with Crippen molar-refractivity contribution in [3.63, 3.8) is 0 Å². The zero-order valence-electron chi connectivity index (χ0n) is 16.4. The Morgan fingerprint density at radius 2 is 1.90 bits per heavy atom. The molecule has 29 heavy (non-hydrogen) atoms. The topological polar surface area (TPSA) is 73.7 Å². The van der Waals surface area contributed by atoms with Gasteiger partial charge in [0.15, 0.2) is 0 Å². The van der Waals surface area contributed by atoms with E-state index in [1.54, 1.807) is 0 Å². The summed E-state index contributed by atoms with van der Waals surface area (Å²) in [6, 6.07) is 6.22. The number of β-lactam (4-membered cyclic amide) rings is 1. The fraction of sp³-hybridized carbons (Fsp3) is 0.650. The third-order valence-electron chi connectivity index (χ3n) is 5.80. The monoisotopic (exact) mass is 413 g/mol. The van der Waals surface area contributed by atoms with E-state index in [2.05, 4.69) is 26.9 Å². The van der Waals surface area contributed by atoms with Crippen LogP contribution in [0.15, 0.2) is 18.2 Å². The fourth-order valence-corrected chi connectivity index (χ4v) is 3.94. The average Bonchev–Trinajstić information content (AvgIpc) is 3.46. The van der Waals surface area contributed by atoms with Crippen LogP contribution in [0.2, 0.25) is 0 Å². The summed E-state index contributed by atoms with van der Waals surface area (Å²) in [5, 5.41) is 7.12. The summed E-state index contributed by atoms with van der Waals surface area (Å²) in [6.45, 7) is 7.04. The van der Waals surface area contributed by atoms with E-state index in [4.69, 9.17) is 9.90 Å². The first-order valence-corrected chi connectivity index (χ1v) is 9.83. The molecule has 1 aromatic rings. The summed E-state index contributed by atoms with van der Waals surface area (Å²) >= 11 is 0. The molecule has 3 aliphatic rings. The van der Waals surface area contributed by atoms with Crippen molar-refractivity contribution < 1.29 is 27.9 Å². The molecule has 160 valence electrons. The summed E-state index contributed by atoms with van der Waals surface area (Å²) in [6.07, 6.45) is -0.375. The van der Waals surface area contributed by atoms with Gasteiger partial charge in [-0.05, 0) is 63.7 Å². The molecule has 6 nitrogen and oxygen atoms in total. The first-order valence-electron chi connectivity index (χ1n) is 9.83. The van der Waals surface area contributed by atoms with E-state index in [0.29, 0.717) is 5.91 Å². The maximum atomic E-state index is 12.5. The minimum absolute atomic E-state index is 0.00851. The minimum Gasteiger partial charge on any atom is -0.475 e. The number of aryl methyl sites for hydroxylation is 1. The van der Waals surface area contributed by atoms with Gasteiger partial charge in [0.05, 0.1) is 11.1 Å². The summed E-state index contributed by atoms with van der Waals surface area (Å²) in [5.74, 6) is -1.51. The number of hydrogen-bond donors (Lipinski definition) is 1. The van der Waals surface area contributed by atoms with E-state index in [9.17, 15) is 18.0 Å². The number of pyridine rings is 1. The molecule has 0 atom stereocenters. The molecule has 1 aromatic heterocycles. The normalized spacial score (nSPS) is 21.4. The van der Waals surface area contributed by atoms with Gasteiger partial charge >= 0.3 is 12.1 Å². The largest absolute Gasteiger partial charge is 0.490 e. The number of aliphatic carboxylic acids is 1. The average molecular weight is 413 g/mol. The molecular formula is C20H26F3N3O3. The van der Waals surface area contributed by atoms with E-state index >= 15 is 0 Å². The number of carbonyl (C=O) groups excluding carboxylic acids is 1. The van der Waals surface area contributed by atoms with Gasteiger partial charge in [-0.2, -0.15) is 13.2 Å². The zero-order valence-corrected chi connectivity index (χ0v) is 16.4. The Balaban J connectivity index is 0.000000298. The van der Waals surface area contributed by atoms with Crippen LogP contribution >= 0.6 is 0 Å². The van der Waals surface area contributed by atoms with Crippen LogP contribution in [0.4, 0.5) is 13.2 Å². The molecule has 2 aliphatic heterocycles. The Hall–Kier alpha value is -2.16. The Kier molecular flexibility index (Phi) is 6.16. The summed E-state index contributed by atoms with van der Waals surface area (Å²) in [5.41, 5.74) is 2.22. The summed E-state index contributed by atoms with van der Waals surface area (Å²) in [7, 11) is 0. The first kappa shape index (κ1) is 21.5. The van der Waals surface area contributed by atoms with Crippen LogP contribution in [0.1, 0.15) is 37.1 Å². The summed E-state index contributed by atoms with van der Waals surface area (Å²) < 4.78 is 31.7. The van der Waals surface area contributed by atoms with Crippen LogP contribution in [0, 0.1) is 18.3 Å². The van der Waals surface area contributed by atoms with Crippen molar-refractivity contribution in [3.05, 3.63) is 29.6 Å². The Morgan fingerprint density at radius 1 is 1.28 bits per heavy atom. The number of hydrogen-bond acceptors (Lipinski definition) is 4. The number of halogens is 3. The van der Waals surface area contributed by atoms with Gasteiger partial charge in [0.2, 0.25) is 5.91 Å². The lowest BCUT2D eigenvalue weighted by molar-refractivity contribution is -0.192. The number of carboxylic acid groups (broad SMARTS) is 1. The van der Waals surface area contributed by atoms with Gasteiger partial charge in [-0.3, -0.25) is 14.7 Å². The van der Waals surface area contributed by atoms with Gasteiger partial charge in [0, 0.05) is 25.3 Å². The van der Waals surface area contributed by atoms with Gasteiger partial charge < -0.3 is 10.0 Å². The third-order valence-corrected chi connectivity index (χ3v) is 5.80. The second-order valence-corrected chi connectivity index (χ2v) is 8.26. The molecule has 3 fully saturated rings. The standard InChI is InChI=1S/C18H25N3O.C2HF3O2/c1-14-3-2-4-16(19-14)12-20-9-7-18(8-10-20)13-21(17(18)22)11-15-5-6-15;3-2(4,5)1(6)7/h2-4,15H,5-13H2,1H3;(H,6,7). The molecule has 4 rings (SSSR count). The lowest BCUT2D eigenvalue weighted by Crippen LogP contribution is -2.64. The number of likely N-dealkylation sites (tertiary alicyclic amines) is 2. The fourth-order valence-electron chi connectivity index (χ4n) is 3.94. The first-order chi connectivity index (χ1) is 13.6. The maximum absolute atomic E-state index is 12.5. The van der Waals surface area contributed by atoms with Crippen molar-refractivity contribution in [3.8, 4) is 0 Å². The molecule has 1 aliphatic carbocycles. The Morgan fingerprint density at radius 3 is 2.38 bits per heavy atom. The van der Waals surface area contributed by atoms with E-state index in [-0.39, 0.29) is 5.41 Å². The molecule has 1 saturated carbocycles. The second-order valence-electron chi connectivity index (χ2n) is 8.26. The highest BCUT2D eigenvalue weighted by molar-refractivity contribution is 5.89. The number of alkyl halides is 3. The highest BCUT2D eigenvalue weighted by Crippen LogP contribution is 2.44. The molecule has 0 bridgehead atoms. The predicted octanol–water partition coefficient (Wildman–Crippen LogP) is 2.86. The van der Waals surface area contributed by atoms with Gasteiger partial charge in [0.25, 0.3) is 0 Å². The van der Waals surface area contributed by atoms with Gasteiger partial charge in [-0.25, -0.2) is 4.79 Å².